The van der Waals surface area contributed by atoms with Crippen LogP contribution in [0.4, 0.5) is 0 Å². The van der Waals surface area contributed by atoms with Gasteiger partial charge >= 0.3 is 0 Å². The Morgan fingerprint density at radius 2 is 2.24 bits per heavy atom. The second-order valence-corrected chi connectivity index (χ2v) is 10.2. The van der Waals surface area contributed by atoms with E-state index in [9.17, 15) is 13.2 Å². The van der Waals surface area contributed by atoms with Crippen molar-refractivity contribution in [2.24, 2.45) is 5.92 Å². The molecule has 2 heterocycles. The van der Waals surface area contributed by atoms with E-state index in [0.29, 0.717) is 25.2 Å². The first-order valence-corrected chi connectivity index (χ1v) is 11.9. The third-order valence-corrected chi connectivity index (χ3v) is 7.79. The normalized spacial score (nSPS) is 17.8. The van der Waals surface area contributed by atoms with Gasteiger partial charge in [-0.05, 0) is 31.0 Å². The Labute approximate surface area is 175 Å². The number of nitrogens with one attached hydrogen (secondary N) is 1. The predicted octanol–water partition coefficient (Wildman–Crippen LogP) is 2.86. The molecule has 29 heavy (non-hydrogen) atoms. The van der Waals surface area contributed by atoms with Gasteiger partial charge in [0.25, 0.3) is 0 Å². The third kappa shape index (κ3) is 5.01. The number of benzene rings is 1. The first-order chi connectivity index (χ1) is 13.8. The number of nitrogens with zero attached hydrogens (tertiary/aromatic N) is 3. The van der Waals surface area contributed by atoms with Gasteiger partial charge in [-0.15, -0.1) is 11.3 Å². The van der Waals surface area contributed by atoms with E-state index in [-0.39, 0.29) is 22.6 Å². The second-order valence-electron chi connectivity index (χ2n) is 7.39. The number of amides is 1. The molecular weight excluding hydrogens is 408 g/mol. The number of rotatable bonds is 6. The van der Waals surface area contributed by atoms with Crippen molar-refractivity contribution >= 4 is 27.3 Å². The van der Waals surface area contributed by atoms with E-state index in [2.05, 4.69) is 10.3 Å². The third-order valence-electron chi connectivity index (χ3n) is 4.87. The summed E-state index contributed by atoms with van der Waals surface area (Å²) < 4.78 is 27.5. The van der Waals surface area contributed by atoms with Crippen LogP contribution >= 0.6 is 11.3 Å². The van der Waals surface area contributed by atoms with E-state index in [0.717, 1.165) is 23.5 Å². The Hall–Kier alpha value is -2.28. The van der Waals surface area contributed by atoms with Gasteiger partial charge in [-0.25, -0.2) is 13.4 Å². The molecule has 1 aromatic carbocycles. The molecule has 0 radical (unpaired) electrons. The Kier molecular flexibility index (Phi) is 6.67. The van der Waals surface area contributed by atoms with Crippen LogP contribution in [0.15, 0.2) is 34.5 Å². The number of nitriles is 1. The Balaban J connectivity index is 1.71. The highest BCUT2D eigenvalue weighted by Crippen LogP contribution is 2.32. The molecule has 1 atom stereocenters. The molecule has 0 bridgehead atoms. The molecule has 154 valence electrons. The van der Waals surface area contributed by atoms with Crippen molar-refractivity contribution in [3.05, 3.63) is 45.9 Å². The number of sulfonamides is 1. The van der Waals surface area contributed by atoms with E-state index >= 15 is 0 Å². The lowest BCUT2D eigenvalue weighted by atomic mass is 10.0. The van der Waals surface area contributed by atoms with E-state index < -0.39 is 10.0 Å². The number of hydrogen-bond donors (Lipinski definition) is 1. The van der Waals surface area contributed by atoms with Gasteiger partial charge in [0.1, 0.15) is 0 Å². The highest BCUT2D eigenvalue weighted by molar-refractivity contribution is 7.89. The summed E-state index contributed by atoms with van der Waals surface area (Å²) in [5, 5.41) is 14.7. The number of carbonyl (C=O) groups excluding carboxylic acids is 1. The monoisotopic (exact) mass is 432 g/mol. The molecule has 1 amide bonds. The van der Waals surface area contributed by atoms with Gasteiger partial charge < -0.3 is 5.32 Å². The Morgan fingerprint density at radius 1 is 1.45 bits per heavy atom. The summed E-state index contributed by atoms with van der Waals surface area (Å²) in [6.45, 7) is 4.88. The van der Waals surface area contributed by atoms with Crippen LogP contribution in [0.25, 0.3) is 0 Å². The molecule has 0 saturated carbocycles. The zero-order chi connectivity index (χ0) is 21.0. The van der Waals surface area contributed by atoms with Crippen molar-refractivity contribution < 1.29 is 13.2 Å². The Bertz CT molecular complexity index is 1020. The maximum absolute atomic E-state index is 13.0. The summed E-state index contributed by atoms with van der Waals surface area (Å²) in [7, 11) is -3.66. The van der Waals surface area contributed by atoms with Crippen molar-refractivity contribution in [3.8, 4) is 6.07 Å². The molecule has 3 rings (SSSR count). The van der Waals surface area contributed by atoms with Gasteiger partial charge in [0.15, 0.2) is 0 Å². The van der Waals surface area contributed by atoms with Crippen LogP contribution < -0.4 is 5.32 Å². The number of carbonyl (C=O) groups is 1. The second kappa shape index (κ2) is 9.03. The summed E-state index contributed by atoms with van der Waals surface area (Å²) in [6.07, 6.45) is 1.62. The van der Waals surface area contributed by atoms with Gasteiger partial charge in [0.05, 0.1) is 33.8 Å². The summed E-state index contributed by atoms with van der Waals surface area (Å²) in [6, 6.07) is 8.11. The van der Waals surface area contributed by atoms with Crippen LogP contribution in [0.5, 0.6) is 0 Å². The van der Waals surface area contributed by atoms with Crippen LogP contribution in [-0.4, -0.2) is 36.7 Å². The van der Waals surface area contributed by atoms with Crippen LogP contribution in [0.3, 0.4) is 0 Å². The predicted molar refractivity (Wildman–Crippen MR) is 111 cm³/mol. The zero-order valence-corrected chi connectivity index (χ0v) is 18.1. The number of piperidine rings is 1. The van der Waals surface area contributed by atoms with Gasteiger partial charge in [0.2, 0.25) is 15.9 Å². The van der Waals surface area contributed by atoms with E-state index in [1.807, 2.05) is 25.3 Å². The number of thiazole rings is 1. The van der Waals surface area contributed by atoms with Gasteiger partial charge in [-0.3, -0.25) is 4.79 Å². The van der Waals surface area contributed by atoms with Gasteiger partial charge in [-0.2, -0.15) is 9.57 Å². The number of aromatic nitrogens is 1. The van der Waals surface area contributed by atoms with Gasteiger partial charge in [0, 0.05) is 30.3 Å². The summed E-state index contributed by atoms with van der Waals surface area (Å²) in [5.74, 6) is -0.0731. The first-order valence-electron chi connectivity index (χ1n) is 9.53. The highest BCUT2D eigenvalue weighted by Gasteiger charge is 2.32. The van der Waals surface area contributed by atoms with Crippen molar-refractivity contribution in [1.82, 2.24) is 14.6 Å². The molecule has 1 aliphatic heterocycles. The van der Waals surface area contributed by atoms with Crippen molar-refractivity contribution in [1.29, 1.82) is 5.26 Å². The van der Waals surface area contributed by atoms with E-state index in [4.69, 9.17) is 5.26 Å². The van der Waals surface area contributed by atoms with Crippen molar-refractivity contribution in [2.75, 3.05) is 13.1 Å². The van der Waals surface area contributed by atoms with Crippen LogP contribution in [0.1, 0.15) is 48.9 Å². The summed E-state index contributed by atoms with van der Waals surface area (Å²) >= 11 is 1.50. The Morgan fingerprint density at radius 3 is 2.97 bits per heavy atom. The molecule has 0 aliphatic carbocycles. The molecule has 1 fully saturated rings. The zero-order valence-electron chi connectivity index (χ0n) is 16.5. The van der Waals surface area contributed by atoms with Crippen molar-refractivity contribution in [2.45, 2.75) is 44.0 Å². The molecule has 1 aromatic heterocycles. The lowest BCUT2D eigenvalue weighted by molar-refractivity contribution is -0.124. The fourth-order valence-corrected chi connectivity index (χ4v) is 5.73. The highest BCUT2D eigenvalue weighted by atomic mass is 32.2. The summed E-state index contributed by atoms with van der Waals surface area (Å²) in [5.41, 5.74) is 1.12. The minimum Gasteiger partial charge on any atom is -0.350 e. The molecule has 0 spiro atoms. The SMILES string of the molecule is CC(C)C(=O)NCc1csc(C2CCCN(S(=O)(=O)c3cccc(C#N)c3)C2)n1. The van der Waals surface area contributed by atoms with Crippen LogP contribution in [0, 0.1) is 17.2 Å². The first kappa shape index (κ1) is 21.4. The fourth-order valence-electron chi connectivity index (χ4n) is 3.21. The molecule has 7 nitrogen and oxygen atoms in total. The standard InChI is InChI=1S/C20H24N4O3S2/c1-14(2)19(25)22-11-17-13-28-20(23-17)16-6-4-8-24(12-16)29(26,27)18-7-3-5-15(9-18)10-21/h3,5,7,9,13-14,16H,4,6,8,11-12H2,1-2H3,(H,22,25). The van der Waals surface area contributed by atoms with Crippen LogP contribution in [0.2, 0.25) is 0 Å². The topological polar surface area (TPSA) is 103 Å². The molecule has 9 heteroatoms. The average molecular weight is 433 g/mol. The smallest absolute Gasteiger partial charge is 0.243 e. The summed E-state index contributed by atoms with van der Waals surface area (Å²) in [4.78, 5) is 16.5. The van der Waals surface area contributed by atoms with Gasteiger partial charge in [-0.1, -0.05) is 19.9 Å². The maximum atomic E-state index is 13.0. The lowest BCUT2D eigenvalue weighted by Crippen LogP contribution is -2.39. The molecule has 2 aromatic rings. The molecular formula is C20H24N4O3S2. The lowest BCUT2D eigenvalue weighted by Gasteiger charge is -2.31. The fraction of sp³-hybridized carbons (Fsp3) is 0.450. The average Bonchev–Trinajstić information content (AvgIpc) is 3.21. The molecule has 1 N–H and O–H groups in total. The minimum atomic E-state index is -3.66. The van der Waals surface area contributed by atoms with E-state index in [1.165, 1.54) is 27.8 Å². The van der Waals surface area contributed by atoms with Crippen LogP contribution in [-0.2, 0) is 21.4 Å². The quantitative estimate of drug-likeness (QED) is 0.756. The molecule has 1 saturated heterocycles. The molecule has 1 unspecified atom stereocenters. The molecule has 1 aliphatic rings. The van der Waals surface area contributed by atoms with Crippen molar-refractivity contribution in [3.63, 3.8) is 0 Å². The number of hydrogen-bond acceptors (Lipinski definition) is 6. The largest absolute Gasteiger partial charge is 0.350 e. The maximum Gasteiger partial charge on any atom is 0.243 e. The van der Waals surface area contributed by atoms with E-state index in [1.54, 1.807) is 12.1 Å². The minimum absolute atomic E-state index is 0.0194.